The molecule has 0 radical (unpaired) electrons. The zero-order valence-corrected chi connectivity index (χ0v) is 25.9. The molecule has 0 amide bonds. The number of hydrogen-bond donors (Lipinski definition) is 0. The molecule has 3 unspecified atom stereocenters. The Bertz CT molecular complexity index is 937. The maximum Gasteiger partial charge on any atom is 0.163 e. The van der Waals surface area contributed by atoms with Gasteiger partial charge in [0.1, 0.15) is 11.6 Å². The van der Waals surface area contributed by atoms with Crippen LogP contribution < -0.4 is 0 Å². The van der Waals surface area contributed by atoms with Gasteiger partial charge in [-0.1, -0.05) is 86.1 Å². The standard InChI is InChI=1S/C32H48O3.C3H8/c1-7-10-26(27(8-2)30(34)15-21(5)33)16-24-17-29-28(20(3)4)19-25(12-9-11-23-13-14-23)22(6)32(29)31(35)18-24;1-3-2/h19-20,23-24,26-27H,7-18H2,1-6H3;3H2,1-2H3. The second-order valence-corrected chi connectivity index (χ2v) is 12.6. The van der Waals surface area contributed by atoms with Gasteiger partial charge in [-0.2, -0.15) is 0 Å². The Labute approximate surface area is 233 Å². The molecule has 3 heteroatoms. The van der Waals surface area contributed by atoms with E-state index in [0.717, 1.165) is 50.0 Å². The van der Waals surface area contributed by atoms with E-state index < -0.39 is 0 Å². The van der Waals surface area contributed by atoms with Crippen LogP contribution in [-0.4, -0.2) is 17.3 Å². The number of Topliss-reactive ketones (excluding diaryl/α,β-unsaturated/α-hetero) is 3. The van der Waals surface area contributed by atoms with Gasteiger partial charge in [-0.3, -0.25) is 14.4 Å². The third-order valence-electron chi connectivity index (χ3n) is 8.60. The molecule has 38 heavy (non-hydrogen) atoms. The second kappa shape index (κ2) is 15.7. The quantitative estimate of drug-likeness (QED) is 0.228. The Morgan fingerprint density at radius 3 is 2.21 bits per heavy atom. The minimum atomic E-state index is -0.0736. The Morgan fingerprint density at radius 2 is 1.68 bits per heavy atom. The minimum absolute atomic E-state index is 0.0459. The molecule has 3 rings (SSSR count). The molecule has 0 bridgehead atoms. The predicted octanol–water partition coefficient (Wildman–Crippen LogP) is 9.39. The van der Waals surface area contributed by atoms with Crippen LogP contribution >= 0.6 is 0 Å². The summed E-state index contributed by atoms with van der Waals surface area (Å²) in [6.45, 7) is 16.7. The molecule has 2 aliphatic carbocycles. The van der Waals surface area contributed by atoms with Crippen molar-refractivity contribution in [1.82, 2.24) is 0 Å². The first-order valence-electron chi connectivity index (χ1n) is 15.8. The van der Waals surface area contributed by atoms with E-state index in [0.29, 0.717) is 18.1 Å². The molecule has 0 saturated heterocycles. The summed E-state index contributed by atoms with van der Waals surface area (Å²) < 4.78 is 0. The van der Waals surface area contributed by atoms with E-state index in [4.69, 9.17) is 0 Å². The van der Waals surface area contributed by atoms with Crippen molar-refractivity contribution in [2.45, 2.75) is 145 Å². The van der Waals surface area contributed by atoms with Crippen LogP contribution in [0.2, 0.25) is 0 Å². The van der Waals surface area contributed by atoms with Crippen molar-refractivity contribution in [3.05, 3.63) is 33.9 Å². The minimum Gasteiger partial charge on any atom is -0.300 e. The number of hydrogen-bond acceptors (Lipinski definition) is 3. The fourth-order valence-electron chi connectivity index (χ4n) is 6.65. The maximum atomic E-state index is 13.6. The van der Waals surface area contributed by atoms with E-state index in [1.807, 2.05) is 0 Å². The molecular weight excluding hydrogens is 468 g/mol. The van der Waals surface area contributed by atoms with Crippen LogP contribution in [0.25, 0.3) is 0 Å². The normalized spacial score (nSPS) is 18.4. The lowest BCUT2D eigenvalue weighted by Gasteiger charge is -2.33. The van der Waals surface area contributed by atoms with Gasteiger partial charge >= 0.3 is 0 Å². The highest BCUT2D eigenvalue weighted by Gasteiger charge is 2.34. The van der Waals surface area contributed by atoms with E-state index >= 15 is 0 Å². The molecule has 0 heterocycles. The van der Waals surface area contributed by atoms with Crippen LogP contribution in [0.5, 0.6) is 0 Å². The van der Waals surface area contributed by atoms with Crippen molar-refractivity contribution < 1.29 is 14.4 Å². The third-order valence-corrected chi connectivity index (χ3v) is 8.60. The van der Waals surface area contributed by atoms with E-state index in [2.05, 4.69) is 54.5 Å². The highest BCUT2D eigenvalue weighted by atomic mass is 16.1. The molecule has 0 aromatic heterocycles. The van der Waals surface area contributed by atoms with Crippen molar-refractivity contribution in [3.8, 4) is 0 Å². The summed E-state index contributed by atoms with van der Waals surface area (Å²) >= 11 is 0. The summed E-state index contributed by atoms with van der Waals surface area (Å²) in [5.74, 6) is 2.15. The Kier molecular flexibility index (Phi) is 13.4. The summed E-state index contributed by atoms with van der Waals surface area (Å²) in [5, 5.41) is 0. The van der Waals surface area contributed by atoms with Crippen LogP contribution in [0.4, 0.5) is 0 Å². The summed E-state index contributed by atoms with van der Waals surface area (Å²) in [7, 11) is 0. The Hall–Kier alpha value is -1.77. The topological polar surface area (TPSA) is 51.2 Å². The van der Waals surface area contributed by atoms with Gasteiger partial charge < -0.3 is 0 Å². The van der Waals surface area contributed by atoms with Gasteiger partial charge in [0, 0.05) is 17.9 Å². The predicted molar refractivity (Wildman–Crippen MR) is 160 cm³/mol. The molecule has 214 valence electrons. The van der Waals surface area contributed by atoms with E-state index in [1.54, 1.807) is 0 Å². The monoisotopic (exact) mass is 524 g/mol. The first-order chi connectivity index (χ1) is 18.1. The number of aryl methyl sites for hydroxylation is 1. The summed E-state index contributed by atoms with van der Waals surface area (Å²) in [5.41, 5.74) is 6.25. The fourth-order valence-corrected chi connectivity index (χ4v) is 6.65. The van der Waals surface area contributed by atoms with E-state index in [1.165, 1.54) is 61.3 Å². The molecule has 0 aliphatic heterocycles. The average Bonchev–Trinajstić information content (AvgIpc) is 3.65. The van der Waals surface area contributed by atoms with Crippen molar-refractivity contribution in [1.29, 1.82) is 0 Å². The molecular formula is C35H56O3. The molecule has 2 aliphatic rings. The number of carbonyl (C=O) groups is 3. The SMILES string of the molecule is CCC.CCCC(CC1CC(=O)c2c(C)c(CCCC3CC3)cc(C(C)C)c2C1)C(CC)C(=O)CC(C)=O. The van der Waals surface area contributed by atoms with E-state index in [-0.39, 0.29) is 35.7 Å². The van der Waals surface area contributed by atoms with Crippen molar-refractivity contribution in [2.75, 3.05) is 0 Å². The largest absolute Gasteiger partial charge is 0.300 e. The molecule has 3 nitrogen and oxygen atoms in total. The van der Waals surface area contributed by atoms with Crippen LogP contribution in [0.3, 0.4) is 0 Å². The summed E-state index contributed by atoms with van der Waals surface area (Å²) in [6, 6.07) is 2.41. The van der Waals surface area contributed by atoms with Crippen LogP contribution in [-0.2, 0) is 22.4 Å². The fraction of sp³-hybridized carbons (Fsp3) is 0.743. The van der Waals surface area contributed by atoms with Crippen LogP contribution in [0.1, 0.15) is 158 Å². The highest BCUT2D eigenvalue weighted by Crippen LogP contribution is 2.40. The number of carbonyl (C=O) groups excluding carboxylic acids is 3. The van der Waals surface area contributed by atoms with E-state index in [9.17, 15) is 14.4 Å². The van der Waals surface area contributed by atoms with Gasteiger partial charge in [-0.25, -0.2) is 0 Å². The molecule has 1 aromatic carbocycles. The first kappa shape index (κ1) is 32.4. The Balaban J connectivity index is 0.00000161. The number of benzene rings is 1. The van der Waals surface area contributed by atoms with Crippen molar-refractivity contribution in [2.24, 2.45) is 23.7 Å². The molecule has 3 atom stereocenters. The van der Waals surface area contributed by atoms with Gasteiger partial charge in [0.05, 0.1) is 6.42 Å². The smallest absolute Gasteiger partial charge is 0.163 e. The van der Waals surface area contributed by atoms with Crippen LogP contribution in [0, 0.1) is 30.6 Å². The van der Waals surface area contributed by atoms with Gasteiger partial charge in [-0.15, -0.1) is 0 Å². The number of ketones is 3. The van der Waals surface area contributed by atoms with Crippen molar-refractivity contribution >= 4 is 17.3 Å². The second-order valence-electron chi connectivity index (χ2n) is 12.6. The molecule has 0 N–H and O–H groups in total. The molecule has 1 aromatic rings. The van der Waals surface area contributed by atoms with Gasteiger partial charge in [0.15, 0.2) is 5.78 Å². The van der Waals surface area contributed by atoms with Crippen molar-refractivity contribution in [3.63, 3.8) is 0 Å². The first-order valence-corrected chi connectivity index (χ1v) is 15.8. The molecule has 0 spiro atoms. The lowest BCUT2D eigenvalue weighted by Crippen LogP contribution is -2.30. The highest BCUT2D eigenvalue weighted by molar-refractivity contribution is 6.01. The third kappa shape index (κ3) is 9.16. The zero-order chi connectivity index (χ0) is 28.4. The summed E-state index contributed by atoms with van der Waals surface area (Å²) in [4.78, 5) is 38.1. The lowest BCUT2D eigenvalue weighted by atomic mass is 9.70. The number of rotatable bonds is 14. The van der Waals surface area contributed by atoms with Crippen LogP contribution in [0.15, 0.2) is 6.07 Å². The average molecular weight is 525 g/mol. The number of fused-ring (bicyclic) bond motifs is 1. The van der Waals surface area contributed by atoms with Gasteiger partial charge in [0.25, 0.3) is 0 Å². The lowest BCUT2D eigenvalue weighted by molar-refractivity contribution is -0.129. The van der Waals surface area contributed by atoms with Gasteiger partial charge in [-0.05, 0) is 91.9 Å². The zero-order valence-electron chi connectivity index (χ0n) is 25.9. The maximum absolute atomic E-state index is 13.6. The Morgan fingerprint density at radius 1 is 1.03 bits per heavy atom. The van der Waals surface area contributed by atoms with Gasteiger partial charge in [0.2, 0.25) is 0 Å². The molecule has 1 saturated carbocycles. The summed E-state index contributed by atoms with van der Waals surface area (Å²) in [6.07, 6.45) is 12.9. The molecule has 1 fully saturated rings.